The molecule has 0 heterocycles. The van der Waals surface area contributed by atoms with Gasteiger partial charge in [-0.2, -0.15) is 0 Å². The standard InChI is InChI=1S/C7H18N4S/c1-5(2)6(11-9-3)10-7(8)12-4/h5-6,9,11H,1-4H3,(H2,8,10). The van der Waals surface area contributed by atoms with Crippen LogP contribution in [0.4, 0.5) is 0 Å². The van der Waals surface area contributed by atoms with Crippen LogP contribution in [0.25, 0.3) is 0 Å². The summed E-state index contributed by atoms with van der Waals surface area (Å²) >= 11 is 1.40. The van der Waals surface area contributed by atoms with E-state index in [4.69, 9.17) is 5.41 Å². The van der Waals surface area contributed by atoms with Gasteiger partial charge in [-0.05, 0) is 19.2 Å². The summed E-state index contributed by atoms with van der Waals surface area (Å²) in [7, 11) is 1.82. The molecule has 4 N–H and O–H groups in total. The first-order chi connectivity index (χ1) is 5.61. The number of hydrogen-bond donors (Lipinski definition) is 4. The molecule has 0 aliphatic rings. The van der Waals surface area contributed by atoms with Crippen LogP contribution < -0.4 is 16.2 Å². The Morgan fingerprint density at radius 1 is 1.42 bits per heavy atom. The fourth-order valence-corrected chi connectivity index (χ4v) is 0.970. The average Bonchev–Trinajstić information content (AvgIpc) is 2.03. The number of rotatable bonds is 4. The maximum atomic E-state index is 7.42. The van der Waals surface area contributed by atoms with Crippen molar-refractivity contribution in [2.45, 2.75) is 20.0 Å². The summed E-state index contributed by atoms with van der Waals surface area (Å²) in [6.07, 6.45) is 1.99. The topological polar surface area (TPSA) is 59.9 Å². The highest BCUT2D eigenvalue weighted by Crippen LogP contribution is 1.99. The van der Waals surface area contributed by atoms with Crippen molar-refractivity contribution in [3.8, 4) is 0 Å². The van der Waals surface area contributed by atoms with E-state index in [9.17, 15) is 0 Å². The molecule has 0 rings (SSSR count). The first-order valence-corrected chi connectivity index (χ1v) is 5.15. The van der Waals surface area contributed by atoms with E-state index in [1.54, 1.807) is 0 Å². The number of nitrogens with one attached hydrogen (secondary N) is 4. The summed E-state index contributed by atoms with van der Waals surface area (Å²) in [5, 5.41) is 10.9. The molecule has 0 bridgehead atoms. The normalized spacial score (nSPS) is 13.1. The molecule has 0 saturated heterocycles. The van der Waals surface area contributed by atoms with E-state index < -0.39 is 0 Å². The number of hydrazine groups is 1. The second-order valence-electron chi connectivity index (χ2n) is 2.79. The molecule has 0 radical (unpaired) electrons. The Labute approximate surface area is 78.4 Å². The van der Waals surface area contributed by atoms with Crippen molar-refractivity contribution in [1.29, 1.82) is 5.41 Å². The molecule has 1 unspecified atom stereocenters. The lowest BCUT2D eigenvalue weighted by Crippen LogP contribution is -2.52. The van der Waals surface area contributed by atoms with Crippen molar-refractivity contribution >= 4 is 16.9 Å². The Bertz CT molecular complexity index is 137. The second-order valence-corrected chi connectivity index (χ2v) is 3.61. The Morgan fingerprint density at radius 3 is 2.33 bits per heavy atom. The zero-order valence-electron chi connectivity index (χ0n) is 8.06. The van der Waals surface area contributed by atoms with Crippen molar-refractivity contribution in [2.24, 2.45) is 5.92 Å². The lowest BCUT2D eigenvalue weighted by molar-refractivity contribution is 0.347. The second kappa shape index (κ2) is 6.28. The van der Waals surface area contributed by atoms with Crippen molar-refractivity contribution in [3.63, 3.8) is 0 Å². The minimum absolute atomic E-state index is 0.106. The van der Waals surface area contributed by atoms with Gasteiger partial charge in [0.2, 0.25) is 0 Å². The molecule has 0 amide bonds. The van der Waals surface area contributed by atoms with Gasteiger partial charge in [0.25, 0.3) is 0 Å². The predicted octanol–water partition coefficient (Wildman–Crippen LogP) is 0.580. The minimum Gasteiger partial charge on any atom is -0.348 e. The lowest BCUT2D eigenvalue weighted by atomic mass is 10.2. The van der Waals surface area contributed by atoms with Gasteiger partial charge in [0, 0.05) is 0 Å². The molecule has 0 fully saturated rings. The monoisotopic (exact) mass is 190 g/mol. The smallest absolute Gasteiger partial charge is 0.154 e. The molecule has 5 heteroatoms. The summed E-state index contributed by atoms with van der Waals surface area (Å²) in [5.41, 5.74) is 5.89. The highest BCUT2D eigenvalue weighted by atomic mass is 32.2. The molecule has 0 spiro atoms. The quantitative estimate of drug-likeness (QED) is 0.227. The third-order valence-electron chi connectivity index (χ3n) is 1.46. The van der Waals surface area contributed by atoms with Gasteiger partial charge in [0.05, 0.1) is 6.17 Å². The molecule has 0 aliphatic carbocycles. The van der Waals surface area contributed by atoms with Crippen LogP contribution in [0.15, 0.2) is 0 Å². The van der Waals surface area contributed by atoms with Crippen LogP contribution in [0.1, 0.15) is 13.8 Å². The molecule has 0 saturated carbocycles. The Kier molecular flexibility index (Phi) is 6.14. The summed E-state index contributed by atoms with van der Waals surface area (Å²) in [6, 6.07) is 0. The molecular weight excluding hydrogens is 172 g/mol. The van der Waals surface area contributed by atoms with Crippen LogP contribution in [-0.2, 0) is 0 Å². The van der Waals surface area contributed by atoms with Gasteiger partial charge < -0.3 is 5.32 Å². The molecule has 72 valence electrons. The van der Waals surface area contributed by atoms with Crippen molar-refractivity contribution < 1.29 is 0 Å². The molecule has 0 aromatic carbocycles. The van der Waals surface area contributed by atoms with E-state index in [1.807, 2.05) is 13.3 Å². The van der Waals surface area contributed by atoms with E-state index in [0.717, 1.165) is 0 Å². The third kappa shape index (κ3) is 4.58. The Balaban J connectivity index is 3.86. The van der Waals surface area contributed by atoms with Gasteiger partial charge in [-0.3, -0.25) is 10.8 Å². The average molecular weight is 190 g/mol. The van der Waals surface area contributed by atoms with Crippen LogP contribution in [0, 0.1) is 11.3 Å². The molecular formula is C7H18N4S. The highest BCUT2D eigenvalue weighted by molar-refractivity contribution is 8.13. The summed E-state index contributed by atoms with van der Waals surface area (Å²) in [4.78, 5) is 0. The van der Waals surface area contributed by atoms with E-state index in [0.29, 0.717) is 11.1 Å². The Morgan fingerprint density at radius 2 is 2.00 bits per heavy atom. The Hall–Kier alpha value is -0.260. The van der Waals surface area contributed by atoms with Gasteiger partial charge >= 0.3 is 0 Å². The maximum Gasteiger partial charge on any atom is 0.154 e. The highest BCUT2D eigenvalue weighted by Gasteiger charge is 2.11. The van der Waals surface area contributed by atoms with Gasteiger partial charge in [0.1, 0.15) is 0 Å². The van der Waals surface area contributed by atoms with Crippen LogP contribution in [-0.4, -0.2) is 24.6 Å². The SMILES string of the molecule is CNNC(NC(=N)SC)C(C)C. The fourth-order valence-electron chi connectivity index (χ4n) is 0.725. The van der Waals surface area contributed by atoms with Crippen molar-refractivity contribution in [2.75, 3.05) is 13.3 Å². The van der Waals surface area contributed by atoms with Crippen molar-refractivity contribution in [1.82, 2.24) is 16.2 Å². The van der Waals surface area contributed by atoms with Crippen LogP contribution in [0.5, 0.6) is 0 Å². The minimum atomic E-state index is 0.106. The first-order valence-electron chi connectivity index (χ1n) is 3.93. The van der Waals surface area contributed by atoms with Gasteiger partial charge in [-0.1, -0.05) is 25.6 Å². The summed E-state index contributed by atoms with van der Waals surface area (Å²) in [6.45, 7) is 4.19. The van der Waals surface area contributed by atoms with Gasteiger partial charge in [0.15, 0.2) is 5.17 Å². The van der Waals surface area contributed by atoms with Crippen molar-refractivity contribution in [3.05, 3.63) is 0 Å². The molecule has 1 atom stereocenters. The van der Waals surface area contributed by atoms with Crippen LogP contribution >= 0.6 is 11.8 Å². The first kappa shape index (κ1) is 11.7. The largest absolute Gasteiger partial charge is 0.348 e. The maximum absolute atomic E-state index is 7.42. The zero-order valence-corrected chi connectivity index (χ0v) is 8.88. The molecule has 0 aliphatic heterocycles. The van der Waals surface area contributed by atoms with Gasteiger partial charge in [-0.25, -0.2) is 5.43 Å². The van der Waals surface area contributed by atoms with E-state index in [1.165, 1.54) is 11.8 Å². The number of hydrogen-bond acceptors (Lipinski definition) is 4. The summed E-state index contributed by atoms with van der Waals surface area (Å²) in [5.74, 6) is 0.435. The third-order valence-corrected chi connectivity index (χ3v) is 1.98. The van der Waals surface area contributed by atoms with E-state index in [-0.39, 0.29) is 6.17 Å². The van der Waals surface area contributed by atoms with Crippen LogP contribution in [0.2, 0.25) is 0 Å². The fraction of sp³-hybridized carbons (Fsp3) is 0.857. The summed E-state index contributed by atoms with van der Waals surface area (Å²) < 4.78 is 0. The predicted molar refractivity (Wildman–Crippen MR) is 55.2 cm³/mol. The lowest BCUT2D eigenvalue weighted by Gasteiger charge is -2.23. The van der Waals surface area contributed by atoms with E-state index >= 15 is 0 Å². The molecule has 0 aromatic heterocycles. The van der Waals surface area contributed by atoms with Gasteiger partial charge in [-0.15, -0.1) is 0 Å². The molecule has 0 aromatic rings. The number of amidine groups is 1. The van der Waals surface area contributed by atoms with Crippen LogP contribution in [0.3, 0.4) is 0 Å². The van der Waals surface area contributed by atoms with E-state index in [2.05, 4.69) is 30.0 Å². The molecule has 12 heavy (non-hydrogen) atoms. The zero-order chi connectivity index (χ0) is 9.56. The number of thioether (sulfide) groups is 1. The molecule has 4 nitrogen and oxygen atoms in total.